The predicted molar refractivity (Wildman–Crippen MR) is 400 cm³/mol. The van der Waals surface area contributed by atoms with E-state index in [1.807, 2.05) is 47.5 Å². The van der Waals surface area contributed by atoms with Gasteiger partial charge in [0.2, 0.25) is 0 Å². The van der Waals surface area contributed by atoms with Crippen molar-refractivity contribution in [2.75, 3.05) is 20.2 Å². The van der Waals surface area contributed by atoms with Crippen molar-refractivity contribution in [3.63, 3.8) is 0 Å². The zero-order valence-corrected chi connectivity index (χ0v) is 63.5. The van der Waals surface area contributed by atoms with E-state index in [9.17, 15) is 53.9 Å². The Kier molecular flexibility index (Phi) is 18.5. The van der Waals surface area contributed by atoms with Gasteiger partial charge in [-0.05, 0) is 222 Å². The van der Waals surface area contributed by atoms with Gasteiger partial charge in [-0.15, -0.1) is 40.8 Å². The maximum Gasteiger partial charge on any atom is 0.418 e. The summed E-state index contributed by atoms with van der Waals surface area (Å²) in [6.45, 7) is 4.18. The molecule has 14 aromatic rings. The summed E-state index contributed by atoms with van der Waals surface area (Å²) in [5, 5.41) is 52.2. The molecule has 4 atom stereocenters. The average molecular weight is 1600 g/mol. The Morgan fingerprint density at radius 3 is 1.52 bits per heavy atom. The van der Waals surface area contributed by atoms with E-state index < -0.39 is 69.7 Å². The molecule has 3 aromatic carbocycles. The quantitative estimate of drug-likeness (QED) is 0.0605. The molecule has 0 unspecified atom stereocenters. The van der Waals surface area contributed by atoms with Crippen LogP contribution in [0.2, 0.25) is 0 Å². The summed E-state index contributed by atoms with van der Waals surface area (Å²) < 4.78 is 154. The zero-order valence-electron chi connectivity index (χ0n) is 63.5. The minimum atomic E-state index is -4.82. The molecule has 1 aliphatic heterocycles. The number of alkyl halides is 9. The molecule has 18 rings (SSSR count). The molecule has 3 aliphatic carbocycles. The van der Waals surface area contributed by atoms with Gasteiger partial charge < -0.3 is 18.4 Å². The molecule has 1 saturated heterocycles. The van der Waals surface area contributed by atoms with Gasteiger partial charge in [-0.25, -0.2) is 23.7 Å². The third-order valence-electron chi connectivity index (χ3n) is 24.4. The van der Waals surface area contributed by atoms with Crippen molar-refractivity contribution in [3.05, 3.63) is 235 Å². The Hall–Kier alpha value is -12.0. The molecule has 11 aromatic heterocycles. The van der Waals surface area contributed by atoms with Crippen LogP contribution in [0.5, 0.6) is 0 Å². The Balaban J connectivity index is 0.637. The van der Waals surface area contributed by atoms with Crippen LogP contribution in [0.1, 0.15) is 139 Å². The van der Waals surface area contributed by atoms with Crippen molar-refractivity contribution in [3.8, 4) is 39.8 Å². The second kappa shape index (κ2) is 28.5. The summed E-state index contributed by atoms with van der Waals surface area (Å²) in [5.74, 6) is 1.09. The number of nitrogens with zero attached hydrogens (tertiary/aromatic N) is 24. The average Bonchev–Trinajstić information content (AvgIpc) is 1.67. The molecule has 12 heterocycles. The largest absolute Gasteiger partial charge is 0.418 e. The fourth-order valence-corrected chi connectivity index (χ4v) is 18.9. The first kappa shape index (κ1) is 75.3. The first-order chi connectivity index (χ1) is 55.5. The second-order valence-corrected chi connectivity index (χ2v) is 32.0. The molecule has 0 amide bonds. The van der Waals surface area contributed by atoms with Crippen LogP contribution in [0, 0.1) is 35.5 Å². The lowest BCUT2D eigenvalue weighted by molar-refractivity contribution is -0.137. The van der Waals surface area contributed by atoms with E-state index >= 15 is 0 Å². The molecular formula is C79H77F9N24O4. The minimum absolute atomic E-state index is 0.0634. The molecule has 116 heavy (non-hydrogen) atoms. The lowest BCUT2D eigenvalue weighted by Gasteiger charge is -2.53. The van der Waals surface area contributed by atoms with E-state index in [1.165, 1.54) is 56.9 Å². The number of tetrazole rings is 2. The van der Waals surface area contributed by atoms with Crippen molar-refractivity contribution in [1.29, 1.82) is 0 Å². The Bertz CT molecular complexity index is 6280. The zero-order chi connectivity index (χ0) is 80.8. The lowest BCUT2D eigenvalue weighted by Crippen LogP contribution is -2.50. The van der Waals surface area contributed by atoms with Crippen molar-refractivity contribution < 1.29 is 44.3 Å². The fourth-order valence-electron chi connectivity index (χ4n) is 18.9. The van der Waals surface area contributed by atoms with Crippen LogP contribution >= 0.6 is 0 Å². The molecule has 37 heteroatoms. The van der Waals surface area contributed by atoms with Crippen molar-refractivity contribution in [2.45, 2.75) is 120 Å². The number of aromatic nitrogens is 23. The molecule has 600 valence electrons. The SMILES string of the molecule is CO[C@]1(CC2CC([C@@H](c3cc(-c4nnnn4CC4CC([C@H](c5cc(-c6nnnn6C)cc(-n6cc7c(C(F)(F)F)cccn7c6=O)c5)c5nncn5C)C4)cc(-n4cc5c(C(F)(F)F)cccn5c4=O)c3)c3nncn3C)C2)C[C@H]([C@@H](c2cccc(-n3cc4c(C(F)(F)F)cc(CN5CCC[C@H](C)C5)cn4c3=O)c2)c2nncn2C)C1. The van der Waals surface area contributed by atoms with Gasteiger partial charge in [-0.2, -0.15) is 39.5 Å². The highest BCUT2D eigenvalue weighted by Gasteiger charge is 2.53. The molecule has 3 saturated carbocycles. The highest BCUT2D eigenvalue weighted by atomic mass is 19.4. The monoisotopic (exact) mass is 1600 g/mol. The van der Waals surface area contributed by atoms with Gasteiger partial charge in [0.25, 0.3) is 0 Å². The maximum absolute atomic E-state index is 15.0. The number of aryl methyl sites for hydroxylation is 4. The van der Waals surface area contributed by atoms with E-state index in [0.717, 1.165) is 73.7 Å². The number of imidazole rings is 3. The number of hydrogen-bond acceptors (Lipinski definition) is 17. The first-order valence-electron chi connectivity index (χ1n) is 38.2. The Labute approximate surface area is 653 Å². The summed E-state index contributed by atoms with van der Waals surface area (Å²) in [6.07, 6.45) is 4.42. The second-order valence-electron chi connectivity index (χ2n) is 32.0. The summed E-state index contributed by atoms with van der Waals surface area (Å²) >= 11 is 0. The predicted octanol–water partition coefficient (Wildman–Crippen LogP) is 11.4. The number of fused-ring (bicyclic) bond motifs is 3. The molecule has 0 spiro atoms. The summed E-state index contributed by atoms with van der Waals surface area (Å²) in [6, 6.07) is 23.2. The minimum Gasteiger partial charge on any atom is -0.378 e. The standard InChI is InChI=1S/C79H77F9N24O4/c1-44-11-8-16-105(34-44)35-47-23-61(79(86,87)88)64-40-108(75(115)111(64)36-47)56-13-7-12-48(26-56)65(70-92-89-41-101(70)2)55-32-76(33-55,116-6)31-45-19-49(20-45)66(71-93-90-42-102(71)3)52-25-54(30-58(28-52)110-39-63-60(78(83,84)85)15-10-18-107(63)74(110)114)69-96-98-100-112(69)37-46-21-50(22-46)67(72-94-91-43-103(72)4)51-24-53(68-95-97-99-104(68)5)29-57(27-51)109-38-62-59(77(80,81)82)14-9-17-106(62)73(109)113/h7,9-10,12-15,17-18,23-30,36,38-46,49-50,55,65-67H,8,11,16,19-22,31-35,37H2,1-6H3/t44-,45?,46?,49?,50?,55-,65+,66-,67+,76+/m0/s1. The van der Waals surface area contributed by atoms with Gasteiger partial charge in [0.05, 0.1) is 55.9 Å². The molecule has 4 fully saturated rings. The normalized spacial score (nSPS) is 21.0. The van der Waals surface area contributed by atoms with Crippen molar-refractivity contribution in [2.24, 2.45) is 63.7 Å². The number of rotatable bonds is 21. The van der Waals surface area contributed by atoms with Gasteiger partial charge >= 0.3 is 35.6 Å². The van der Waals surface area contributed by atoms with Crippen LogP contribution in [0.15, 0.2) is 162 Å². The molecular weight excluding hydrogens is 1520 g/mol. The van der Waals surface area contributed by atoms with Gasteiger partial charge in [-0.3, -0.25) is 31.8 Å². The smallest absolute Gasteiger partial charge is 0.378 e. The van der Waals surface area contributed by atoms with Gasteiger partial charge in [0.1, 0.15) is 36.5 Å². The molecule has 0 radical (unpaired) electrons. The molecule has 0 bridgehead atoms. The number of ether oxygens (including phenoxy) is 1. The fraction of sp³-hybridized carbons (Fsp3) is 0.405. The summed E-state index contributed by atoms with van der Waals surface area (Å²) in [4.78, 5) is 45.4. The summed E-state index contributed by atoms with van der Waals surface area (Å²) in [5.41, 5.74) is -2.38. The number of hydrogen-bond donors (Lipinski definition) is 0. The van der Waals surface area contributed by atoms with Gasteiger partial charge in [0.15, 0.2) is 11.6 Å². The van der Waals surface area contributed by atoms with Crippen LogP contribution in [-0.4, -0.2) is 142 Å². The van der Waals surface area contributed by atoms with Crippen LogP contribution in [-0.2, 0) is 64.5 Å². The highest BCUT2D eigenvalue weighted by Crippen LogP contribution is 2.57. The van der Waals surface area contributed by atoms with Crippen LogP contribution in [0.25, 0.3) is 56.4 Å². The van der Waals surface area contributed by atoms with E-state index in [0.29, 0.717) is 108 Å². The van der Waals surface area contributed by atoms with Crippen LogP contribution < -0.4 is 17.1 Å². The van der Waals surface area contributed by atoms with E-state index in [-0.39, 0.29) is 82.3 Å². The topological polar surface area (TPSA) is 271 Å². The third-order valence-corrected chi connectivity index (χ3v) is 24.4. The molecule has 28 nitrogen and oxygen atoms in total. The lowest BCUT2D eigenvalue weighted by atomic mass is 9.57. The van der Waals surface area contributed by atoms with Crippen molar-refractivity contribution >= 4 is 16.6 Å². The van der Waals surface area contributed by atoms with E-state index in [1.54, 1.807) is 85.8 Å². The first-order valence-corrected chi connectivity index (χ1v) is 38.2. The third kappa shape index (κ3) is 13.5. The number of pyridine rings is 3. The Morgan fingerprint density at radius 2 is 1.01 bits per heavy atom. The maximum atomic E-state index is 15.0. The van der Waals surface area contributed by atoms with E-state index in [2.05, 4.69) is 68.4 Å². The van der Waals surface area contributed by atoms with Gasteiger partial charge in [0, 0.05) is 121 Å². The Morgan fingerprint density at radius 1 is 0.517 bits per heavy atom. The number of benzene rings is 3. The van der Waals surface area contributed by atoms with Gasteiger partial charge in [-0.1, -0.05) is 19.1 Å². The van der Waals surface area contributed by atoms with Crippen LogP contribution in [0.3, 0.4) is 0 Å². The van der Waals surface area contributed by atoms with Crippen molar-refractivity contribution in [1.82, 2.24) is 117 Å². The number of methoxy groups -OCH3 is 1. The highest BCUT2D eigenvalue weighted by molar-refractivity contribution is 5.66. The molecule has 4 aliphatic rings. The number of likely N-dealkylation sites (tertiary alicyclic amines) is 1. The molecule has 0 N–H and O–H groups in total. The number of halogens is 9. The summed E-state index contributed by atoms with van der Waals surface area (Å²) in [7, 11) is 8.82. The number of piperidine rings is 1. The van der Waals surface area contributed by atoms with Crippen LogP contribution in [0.4, 0.5) is 39.5 Å². The van der Waals surface area contributed by atoms with E-state index in [4.69, 9.17) is 9.84 Å².